The van der Waals surface area contributed by atoms with Crippen LogP contribution in [0.2, 0.25) is 0 Å². The molecule has 2 heterocycles. The summed E-state index contributed by atoms with van der Waals surface area (Å²) in [7, 11) is 0. The number of rotatable bonds is 2. The first-order chi connectivity index (χ1) is 10.1. The molecule has 1 aliphatic rings. The average Bonchev–Trinajstić information content (AvgIpc) is 2.45. The molecule has 3 N–H and O–H groups in total. The Hall–Kier alpha value is -2.83. The van der Waals surface area contributed by atoms with Crippen LogP contribution in [0.5, 0.6) is 11.6 Å². The summed E-state index contributed by atoms with van der Waals surface area (Å²) in [5, 5.41) is 2.71. The molecule has 7 heteroatoms. The van der Waals surface area contributed by atoms with Crippen LogP contribution in [-0.4, -0.2) is 22.4 Å². The van der Waals surface area contributed by atoms with E-state index in [1.54, 1.807) is 18.2 Å². The predicted molar refractivity (Wildman–Crippen MR) is 75.0 cm³/mol. The third kappa shape index (κ3) is 2.33. The molecule has 0 aliphatic carbocycles. The fourth-order valence-corrected chi connectivity index (χ4v) is 2.26. The smallest absolute Gasteiger partial charge is 0.328 e. The predicted octanol–water partition coefficient (Wildman–Crippen LogP) is 0.509. The van der Waals surface area contributed by atoms with Crippen molar-refractivity contribution >= 4 is 5.91 Å². The highest BCUT2D eigenvalue weighted by Gasteiger charge is 2.22. The molecule has 0 fully saturated rings. The topological polar surface area (TPSA) is 104 Å². The van der Waals surface area contributed by atoms with Gasteiger partial charge in [0.15, 0.2) is 0 Å². The summed E-state index contributed by atoms with van der Waals surface area (Å²) in [6.07, 6.45) is 0.296. The third-order valence-electron chi connectivity index (χ3n) is 3.24. The second-order valence-electron chi connectivity index (χ2n) is 4.68. The van der Waals surface area contributed by atoms with E-state index in [0.717, 1.165) is 5.56 Å². The molecule has 2 aromatic rings. The van der Waals surface area contributed by atoms with Gasteiger partial charge < -0.3 is 10.1 Å². The first-order valence-corrected chi connectivity index (χ1v) is 6.53. The van der Waals surface area contributed by atoms with Crippen LogP contribution >= 0.6 is 0 Å². The van der Waals surface area contributed by atoms with Crippen molar-refractivity contribution in [2.45, 2.75) is 13.3 Å². The van der Waals surface area contributed by atoms with Crippen LogP contribution in [0.1, 0.15) is 28.4 Å². The molecule has 0 unspecified atom stereocenters. The number of hydrogen-bond acceptors (Lipinski definition) is 4. The van der Waals surface area contributed by atoms with Gasteiger partial charge in [-0.15, -0.1) is 0 Å². The SMILES string of the molecule is CCNC(=O)c1ccc2c(c1)Cc1c([nH]c(=O)[nH]c1=O)O2. The van der Waals surface area contributed by atoms with Crippen molar-refractivity contribution in [3.63, 3.8) is 0 Å². The van der Waals surface area contributed by atoms with E-state index in [1.807, 2.05) is 6.92 Å². The van der Waals surface area contributed by atoms with E-state index in [-0.39, 0.29) is 11.8 Å². The third-order valence-corrected chi connectivity index (χ3v) is 3.24. The average molecular weight is 287 g/mol. The van der Waals surface area contributed by atoms with Gasteiger partial charge in [0.25, 0.3) is 11.5 Å². The molecule has 0 atom stereocenters. The number of benzene rings is 1. The van der Waals surface area contributed by atoms with Gasteiger partial charge in [-0.1, -0.05) is 0 Å². The zero-order valence-electron chi connectivity index (χ0n) is 11.3. The zero-order chi connectivity index (χ0) is 15.0. The van der Waals surface area contributed by atoms with Crippen LogP contribution in [-0.2, 0) is 6.42 Å². The molecule has 1 aromatic heterocycles. The highest BCUT2D eigenvalue weighted by molar-refractivity contribution is 5.94. The Balaban J connectivity index is 2.02. The Labute approximate surface area is 119 Å². The van der Waals surface area contributed by atoms with E-state index in [1.165, 1.54) is 0 Å². The van der Waals surface area contributed by atoms with Gasteiger partial charge in [-0.25, -0.2) is 4.79 Å². The Bertz CT molecular complexity index is 835. The molecule has 21 heavy (non-hydrogen) atoms. The number of carbonyl (C=O) groups is 1. The molecule has 0 spiro atoms. The van der Waals surface area contributed by atoms with E-state index < -0.39 is 11.2 Å². The van der Waals surface area contributed by atoms with Crippen LogP contribution in [0, 0.1) is 0 Å². The van der Waals surface area contributed by atoms with Gasteiger partial charge in [-0.3, -0.25) is 19.6 Å². The van der Waals surface area contributed by atoms with E-state index in [4.69, 9.17) is 4.74 Å². The molecule has 108 valence electrons. The van der Waals surface area contributed by atoms with Gasteiger partial charge in [0.2, 0.25) is 5.88 Å². The zero-order valence-corrected chi connectivity index (χ0v) is 11.3. The Morgan fingerprint density at radius 3 is 2.90 bits per heavy atom. The molecular formula is C14H13N3O4. The highest BCUT2D eigenvalue weighted by atomic mass is 16.5. The molecule has 3 rings (SSSR count). The minimum absolute atomic E-state index is 0.155. The van der Waals surface area contributed by atoms with Crippen molar-refractivity contribution in [3.05, 3.63) is 55.7 Å². The lowest BCUT2D eigenvalue weighted by Gasteiger charge is -2.19. The normalized spacial score (nSPS) is 12.0. The number of hydrogen-bond donors (Lipinski definition) is 3. The molecule has 1 aliphatic heterocycles. The maximum Gasteiger partial charge on any atom is 0.328 e. The lowest BCUT2D eigenvalue weighted by atomic mass is 10.0. The number of carbonyl (C=O) groups excluding carboxylic acids is 1. The number of ether oxygens (including phenoxy) is 1. The first-order valence-electron chi connectivity index (χ1n) is 6.53. The van der Waals surface area contributed by atoms with Crippen LogP contribution in [0.15, 0.2) is 27.8 Å². The maximum absolute atomic E-state index is 11.8. The van der Waals surface area contributed by atoms with Gasteiger partial charge in [-0.2, -0.15) is 0 Å². The number of fused-ring (bicyclic) bond motifs is 2. The second-order valence-corrected chi connectivity index (χ2v) is 4.68. The molecule has 1 aromatic carbocycles. The van der Waals surface area contributed by atoms with Gasteiger partial charge in [-0.05, 0) is 25.1 Å². The molecule has 7 nitrogen and oxygen atoms in total. The van der Waals surface area contributed by atoms with E-state index in [2.05, 4.69) is 15.3 Å². The van der Waals surface area contributed by atoms with E-state index >= 15 is 0 Å². The summed E-state index contributed by atoms with van der Waals surface area (Å²) < 4.78 is 5.53. The summed E-state index contributed by atoms with van der Waals surface area (Å²) in [6.45, 7) is 2.38. The summed E-state index contributed by atoms with van der Waals surface area (Å²) in [6, 6.07) is 4.98. The summed E-state index contributed by atoms with van der Waals surface area (Å²) in [4.78, 5) is 39.5. The Morgan fingerprint density at radius 1 is 1.33 bits per heavy atom. The lowest BCUT2D eigenvalue weighted by molar-refractivity contribution is 0.0955. The maximum atomic E-state index is 11.8. The minimum atomic E-state index is -0.610. The molecule has 0 saturated carbocycles. The minimum Gasteiger partial charge on any atom is -0.440 e. The fourth-order valence-electron chi connectivity index (χ4n) is 2.26. The van der Waals surface area contributed by atoms with Crippen molar-refractivity contribution in [1.82, 2.24) is 15.3 Å². The fraction of sp³-hybridized carbons (Fsp3) is 0.214. The second kappa shape index (κ2) is 4.93. The van der Waals surface area contributed by atoms with Gasteiger partial charge in [0.1, 0.15) is 5.75 Å². The lowest BCUT2D eigenvalue weighted by Crippen LogP contribution is -2.28. The highest BCUT2D eigenvalue weighted by Crippen LogP contribution is 2.33. The molecule has 1 amide bonds. The Kier molecular flexibility index (Phi) is 3.09. The Morgan fingerprint density at radius 2 is 2.14 bits per heavy atom. The molecule has 0 bridgehead atoms. The molecular weight excluding hydrogens is 274 g/mol. The first kappa shape index (κ1) is 13.2. The summed E-state index contributed by atoms with van der Waals surface area (Å²) in [5.74, 6) is 0.500. The van der Waals surface area contributed by atoms with Crippen molar-refractivity contribution < 1.29 is 9.53 Å². The van der Waals surface area contributed by atoms with Crippen LogP contribution in [0.3, 0.4) is 0 Å². The number of nitrogens with one attached hydrogen (secondary N) is 3. The van der Waals surface area contributed by atoms with Gasteiger partial charge >= 0.3 is 5.69 Å². The molecule has 0 saturated heterocycles. The van der Waals surface area contributed by atoms with E-state index in [9.17, 15) is 14.4 Å². The van der Waals surface area contributed by atoms with Gasteiger partial charge in [0, 0.05) is 24.1 Å². The van der Waals surface area contributed by atoms with Crippen LogP contribution in [0.4, 0.5) is 0 Å². The molecule has 0 radical (unpaired) electrons. The van der Waals surface area contributed by atoms with Crippen LogP contribution < -0.4 is 21.3 Å². The quantitative estimate of drug-likeness (QED) is 0.638. The van der Waals surface area contributed by atoms with Crippen molar-refractivity contribution in [3.8, 4) is 11.6 Å². The number of aromatic amines is 2. The summed E-state index contributed by atoms with van der Waals surface area (Å²) in [5.41, 5.74) is 0.478. The number of aromatic nitrogens is 2. The van der Waals surface area contributed by atoms with Crippen molar-refractivity contribution in [2.24, 2.45) is 0 Å². The van der Waals surface area contributed by atoms with Crippen LogP contribution in [0.25, 0.3) is 0 Å². The monoisotopic (exact) mass is 287 g/mol. The van der Waals surface area contributed by atoms with E-state index in [0.29, 0.717) is 29.8 Å². The number of H-pyrrole nitrogens is 2. The largest absolute Gasteiger partial charge is 0.440 e. The number of amides is 1. The van der Waals surface area contributed by atoms with Crippen molar-refractivity contribution in [2.75, 3.05) is 6.54 Å². The van der Waals surface area contributed by atoms with Crippen molar-refractivity contribution in [1.29, 1.82) is 0 Å². The summed E-state index contributed by atoms with van der Waals surface area (Å²) >= 11 is 0. The standard InChI is InChI=1S/C14H13N3O4/c1-2-15-11(18)7-3-4-10-8(5-7)6-9-12(19)16-14(20)17-13(9)21-10/h3-5H,2,6H2,1H3,(H,15,18)(H2,16,17,19,20). The van der Waals surface area contributed by atoms with Gasteiger partial charge in [0.05, 0.1) is 5.56 Å².